The number of H-pyrrole nitrogens is 1. The summed E-state index contributed by atoms with van der Waals surface area (Å²) in [6, 6.07) is 12.1. The van der Waals surface area contributed by atoms with Gasteiger partial charge in [0.2, 0.25) is 5.91 Å². The van der Waals surface area contributed by atoms with E-state index in [-0.39, 0.29) is 24.1 Å². The average Bonchev–Trinajstić information content (AvgIpc) is 3.37. The minimum atomic E-state index is -0.340. The minimum Gasteiger partial charge on any atom is -0.497 e. The highest BCUT2D eigenvalue weighted by atomic mass is 16.5. The molecule has 2 aromatic heterocycles. The maximum atomic E-state index is 12.7. The van der Waals surface area contributed by atoms with Crippen LogP contribution in [0.3, 0.4) is 0 Å². The van der Waals surface area contributed by atoms with Crippen molar-refractivity contribution >= 4 is 17.5 Å². The first-order valence-corrected chi connectivity index (χ1v) is 8.43. The van der Waals surface area contributed by atoms with E-state index in [0.29, 0.717) is 29.4 Å². The molecule has 2 heterocycles. The number of benzene rings is 1. The van der Waals surface area contributed by atoms with Crippen LogP contribution in [0.4, 0.5) is 5.69 Å². The van der Waals surface area contributed by atoms with Gasteiger partial charge in [-0.1, -0.05) is 6.07 Å². The predicted molar refractivity (Wildman–Crippen MR) is 99.5 cm³/mol. The molecule has 3 rings (SSSR count). The second-order valence-electron chi connectivity index (χ2n) is 5.74. The van der Waals surface area contributed by atoms with Gasteiger partial charge in [0.1, 0.15) is 18.0 Å². The zero-order chi connectivity index (χ0) is 19.2. The van der Waals surface area contributed by atoms with E-state index in [0.717, 1.165) is 0 Å². The van der Waals surface area contributed by atoms with Gasteiger partial charge in [0.15, 0.2) is 11.5 Å². The fourth-order valence-corrected chi connectivity index (χ4v) is 2.55. The molecule has 0 aliphatic carbocycles. The Morgan fingerprint density at radius 1 is 1.26 bits per heavy atom. The SMILES string of the molecule is CCN(CC(=O)Nc1cccc(OC)c1)C(=O)c1cc(-c2ccco2)[nH]n1. The van der Waals surface area contributed by atoms with Crippen LogP contribution in [0.2, 0.25) is 0 Å². The van der Waals surface area contributed by atoms with Crippen LogP contribution in [0.5, 0.6) is 5.75 Å². The number of anilines is 1. The summed E-state index contributed by atoms with van der Waals surface area (Å²) in [5, 5.41) is 9.56. The van der Waals surface area contributed by atoms with Crippen LogP contribution in [0.1, 0.15) is 17.4 Å². The van der Waals surface area contributed by atoms with Gasteiger partial charge in [-0.15, -0.1) is 0 Å². The Kier molecular flexibility index (Phi) is 5.55. The van der Waals surface area contributed by atoms with Crippen LogP contribution < -0.4 is 10.1 Å². The third-order valence-corrected chi connectivity index (χ3v) is 3.94. The standard InChI is InChI=1S/C19H20N4O4/c1-3-23(12-18(24)20-13-6-4-7-14(10-13)26-2)19(25)16-11-15(21-22-16)17-8-5-9-27-17/h4-11H,3,12H2,1-2H3,(H,20,24)(H,21,22). The number of carbonyl (C=O) groups is 2. The third kappa shape index (κ3) is 4.35. The van der Waals surface area contributed by atoms with E-state index in [2.05, 4.69) is 15.5 Å². The van der Waals surface area contributed by atoms with Crippen molar-refractivity contribution in [2.24, 2.45) is 0 Å². The summed E-state index contributed by atoms with van der Waals surface area (Å²) in [6.45, 7) is 2.08. The second-order valence-corrected chi connectivity index (χ2v) is 5.74. The van der Waals surface area contributed by atoms with Crippen molar-refractivity contribution in [1.29, 1.82) is 0 Å². The number of hydrogen-bond donors (Lipinski definition) is 2. The number of hydrogen-bond acceptors (Lipinski definition) is 5. The smallest absolute Gasteiger partial charge is 0.274 e. The summed E-state index contributed by atoms with van der Waals surface area (Å²) in [7, 11) is 1.55. The van der Waals surface area contributed by atoms with Crippen molar-refractivity contribution in [3.8, 4) is 17.2 Å². The molecule has 27 heavy (non-hydrogen) atoms. The van der Waals surface area contributed by atoms with E-state index in [1.165, 1.54) is 4.90 Å². The zero-order valence-electron chi connectivity index (χ0n) is 15.1. The minimum absolute atomic E-state index is 0.0878. The van der Waals surface area contributed by atoms with Crippen LogP contribution in [0.15, 0.2) is 53.1 Å². The predicted octanol–water partition coefficient (Wildman–Crippen LogP) is 2.78. The molecule has 8 heteroatoms. The lowest BCUT2D eigenvalue weighted by molar-refractivity contribution is -0.116. The number of likely N-dealkylation sites (N-methyl/N-ethyl adjacent to an activating group) is 1. The van der Waals surface area contributed by atoms with E-state index in [1.807, 2.05) is 0 Å². The van der Waals surface area contributed by atoms with E-state index in [4.69, 9.17) is 9.15 Å². The molecule has 0 spiro atoms. The molecule has 1 aromatic carbocycles. The molecule has 0 bridgehead atoms. The molecule has 140 valence electrons. The highest BCUT2D eigenvalue weighted by Gasteiger charge is 2.21. The number of ether oxygens (including phenoxy) is 1. The lowest BCUT2D eigenvalue weighted by atomic mass is 10.2. The maximum Gasteiger partial charge on any atom is 0.274 e. The molecule has 3 aromatic rings. The van der Waals surface area contributed by atoms with Gasteiger partial charge in [-0.05, 0) is 31.2 Å². The first-order valence-electron chi connectivity index (χ1n) is 8.43. The quantitative estimate of drug-likeness (QED) is 0.668. The number of methoxy groups -OCH3 is 1. The van der Waals surface area contributed by atoms with Gasteiger partial charge >= 0.3 is 0 Å². The van der Waals surface area contributed by atoms with Crippen molar-refractivity contribution in [2.45, 2.75) is 6.92 Å². The lowest BCUT2D eigenvalue weighted by Crippen LogP contribution is -2.38. The topological polar surface area (TPSA) is 100 Å². The third-order valence-electron chi connectivity index (χ3n) is 3.94. The second kappa shape index (κ2) is 8.22. The summed E-state index contributed by atoms with van der Waals surface area (Å²) in [6.07, 6.45) is 1.54. The van der Waals surface area contributed by atoms with E-state index >= 15 is 0 Å². The molecule has 0 fully saturated rings. The van der Waals surface area contributed by atoms with Gasteiger partial charge in [-0.2, -0.15) is 5.10 Å². The number of furan rings is 1. The first kappa shape index (κ1) is 18.2. The van der Waals surface area contributed by atoms with Gasteiger partial charge < -0.3 is 19.4 Å². The Labute approximate surface area is 156 Å². The fraction of sp³-hybridized carbons (Fsp3) is 0.211. The Morgan fingerprint density at radius 3 is 2.81 bits per heavy atom. The molecular formula is C19H20N4O4. The van der Waals surface area contributed by atoms with Crippen LogP contribution in [0.25, 0.3) is 11.5 Å². The van der Waals surface area contributed by atoms with E-state index < -0.39 is 0 Å². The van der Waals surface area contributed by atoms with E-state index in [9.17, 15) is 9.59 Å². The zero-order valence-corrected chi connectivity index (χ0v) is 15.1. The fourth-order valence-electron chi connectivity index (χ4n) is 2.55. The molecule has 0 radical (unpaired) electrons. The van der Waals surface area contributed by atoms with Gasteiger partial charge in [0.25, 0.3) is 5.91 Å². The lowest BCUT2D eigenvalue weighted by Gasteiger charge is -2.19. The average molecular weight is 368 g/mol. The van der Waals surface area contributed by atoms with Crippen molar-refractivity contribution in [3.05, 3.63) is 54.4 Å². The normalized spacial score (nSPS) is 10.4. The van der Waals surface area contributed by atoms with Crippen LogP contribution in [-0.2, 0) is 4.79 Å². The molecule has 0 unspecified atom stereocenters. The van der Waals surface area contributed by atoms with Gasteiger partial charge in [0, 0.05) is 24.4 Å². The molecule has 0 saturated carbocycles. The van der Waals surface area contributed by atoms with Crippen LogP contribution in [0, 0.1) is 0 Å². The summed E-state index contributed by atoms with van der Waals surface area (Å²) >= 11 is 0. The number of rotatable bonds is 7. The number of aromatic amines is 1. The van der Waals surface area contributed by atoms with Gasteiger partial charge in [0.05, 0.1) is 13.4 Å². The first-order chi connectivity index (χ1) is 13.1. The maximum absolute atomic E-state index is 12.7. The van der Waals surface area contributed by atoms with Crippen molar-refractivity contribution < 1.29 is 18.7 Å². The van der Waals surface area contributed by atoms with E-state index in [1.54, 1.807) is 62.8 Å². The number of nitrogens with one attached hydrogen (secondary N) is 2. The Balaban J connectivity index is 1.65. The number of aromatic nitrogens is 2. The number of nitrogens with zero attached hydrogens (tertiary/aromatic N) is 2. The summed E-state index contributed by atoms with van der Waals surface area (Å²) in [5.74, 6) is 0.575. The van der Waals surface area contributed by atoms with Crippen molar-refractivity contribution in [1.82, 2.24) is 15.1 Å². The summed E-state index contributed by atoms with van der Waals surface area (Å²) < 4.78 is 10.4. The highest BCUT2D eigenvalue weighted by Crippen LogP contribution is 2.19. The van der Waals surface area contributed by atoms with Crippen molar-refractivity contribution in [3.63, 3.8) is 0 Å². The molecule has 0 aliphatic heterocycles. The Hall–Kier alpha value is -3.55. The highest BCUT2D eigenvalue weighted by molar-refractivity contribution is 5.98. The number of amides is 2. The molecule has 0 atom stereocenters. The van der Waals surface area contributed by atoms with Crippen LogP contribution >= 0.6 is 0 Å². The molecule has 0 saturated heterocycles. The number of carbonyl (C=O) groups excluding carboxylic acids is 2. The Morgan fingerprint density at radius 2 is 2.11 bits per heavy atom. The molecular weight excluding hydrogens is 348 g/mol. The largest absolute Gasteiger partial charge is 0.497 e. The monoisotopic (exact) mass is 368 g/mol. The van der Waals surface area contributed by atoms with Crippen LogP contribution in [-0.4, -0.2) is 47.1 Å². The molecule has 2 amide bonds. The molecule has 8 nitrogen and oxygen atoms in total. The van der Waals surface area contributed by atoms with Gasteiger partial charge in [-0.25, -0.2) is 0 Å². The van der Waals surface area contributed by atoms with Gasteiger partial charge in [-0.3, -0.25) is 14.7 Å². The van der Waals surface area contributed by atoms with Crippen molar-refractivity contribution in [2.75, 3.05) is 25.5 Å². The molecule has 2 N–H and O–H groups in total. The molecule has 0 aliphatic rings. The summed E-state index contributed by atoms with van der Waals surface area (Å²) in [5.41, 5.74) is 1.42. The Bertz CT molecular complexity index is 917. The summed E-state index contributed by atoms with van der Waals surface area (Å²) in [4.78, 5) is 26.4.